The van der Waals surface area contributed by atoms with E-state index in [2.05, 4.69) is 10.6 Å². The highest BCUT2D eigenvalue weighted by molar-refractivity contribution is 5.94. The van der Waals surface area contributed by atoms with Crippen LogP contribution in [0.2, 0.25) is 0 Å². The van der Waals surface area contributed by atoms with Crippen LogP contribution in [0.3, 0.4) is 0 Å². The molecule has 0 saturated heterocycles. The Morgan fingerprint density at radius 1 is 1.30 bits per heavy atom. The second kappa shape index (κ2) is 6.27. The zero-order chi connectivity index (χ0) is 14.5. The summed E-state index contributed by atoms with van der Waals surface area (Å²) < 4.78 is 0. The topological polar surface area (TPSA) is 110 Å². The molecule has 0 aliphatic heterocycles. The SMILES string of the molecule is NC(=O)c1ccc(NCCCC(=O)NC2CC2)c(N)c1. The van der Waals surface area contributed by atoms with Gasteiger partial charge >= 0.3 is 0 Å². The number of hydrogen-bond donors (Lipinski definition) is 4. The Kier molecular flexibility index (Phi) is 4.45. The lowest BCUT2D eigenvalue weighted by Gasteiger charge is -2.10. The summed E-state index contributed by atoms with van der Waals surface area (Å²) in [4.78, 5) is 22.5. The Balaban J connectivity index is 1.73. The van der Waals surface area contributed by atoms with Gasteiger partial charge in [-0.05, 0) is 37.5 Å². The number of hydrogen-bond acceptors (Lipinski definition) is 4. The molecule has 2 rings (SSSR count). The van der Waals surface area contributed by atoms with Crippen LogP contribution >= 0.6 is 0 Å². The van der Waals surface area contributed by atoms with E-state index in [1.165, 1.54) is 0 Å². The molecule has 0 unspecified atom stereocenters. The Morgan fingerprint density at radius 2 is 2.05 bits per heavy atom. The first-order valence-corrected chi connectivity index (χ1v) is 6.79. The van der Waals surface area contributed by atoms with Crippen molar-refractivity contribution < 1.29 is 9.59 Å². The van der Waals surface area contributed by atoms with Crippen molar-refractivity contribution in [2.75, 3.05) is 17.6 Å². The van der Waals surface area contributed by atoms with Gasteiger partial charge in [0.1, 0.15) is 0 Å². The molecule has 1 aromatic carbocycles. The van der Waals surface area contributed by atoms with Crippen LogP contribution in [0.25, 0.3) is 0 Å². The highest BCUT2D eigenvalue weighted by atomic mass is 16.2. The van der Waals surface area contributed by atoms with E-state index in [9.17, 15) is 9.59 Å². The molecule has 0 heterocycles. The van der Waals surface area contributed by atoms with E-state index >= 15 is 0 Å². The summed E-state index contributed by atoms with van der Waals surface area (Å²) >= 11 is 0. The zero-order valence-corrected chi connectivity index (χ0v) is 11.3. The lowest BCUT2D eigenvalue weighted by molar-refractivity contribution is -0.121. The second-order valence-corrected chi connectivity index (χ2v) is 5.04. The van der Waals surface area contributed by atoms with Crippen LogP contribution in [-0.4, -0.2) is 24.4 Å². The number of nitrogens with one attached hydrogen (secondary N) is 2. The monoisotopic (exact) mass is 276 g/mol. The van der Waals surface area contributed by atoms with Crippen molar-refractivity contribution in [3.8, 4) is 0 Å². The number of carbonyl (C=O) groups is 2. The molecule has 1 aliphatic carbocycles. The van der Waals surface area contributed by atoms with Crippen LogP contribution in [0.15, 0.2) is 18.2 Å². The lowest BCUT2D eigenvalue weighted by Crippen LogP contribution is -2.25. The summed E-state index contributed by atoms with van der Waals surface area (Å²) in [5.41, 5.74) is 12.6. The molecule has 0 radical (unpaired) electrons. The van der Waals surface area contributed by atoms with Gasteiger partial charge in [-0.1, -0.05) is 0 Å². The number of benzene rings is 1. The van der Waals surface area contributed by atoms with Crippen molar-refractivity contribution in [2.45, 2.75) is 31.7 Å². The molecule has 1 saturated carbocycles. The number of nitrogens with two attached hydrogens (primary N) is 2. The van der Waals surface area contributed by atoms with Gasteiger partial charge in [0.25, 0.3) is 0 Å². The minimum absolute atomic E-state index is 0.103. The molecule has 1 aromatic rings. The number of carbonyl (C=O) groups excluding carboxylic acids is 2. The van der Waals surface area contributed by atoms with Crippen molar-refractivity contribution >= 4 is 23.2 Å². The molecule has 1 fully saturated rings. The second-order valence-electron chi connectivity index (χ2n) is 5.04. The molecule has 108 valence electrons. The summed E-state index contributed by atoms with van der Waals surface area (Å²) in [5, 5.41) is 6.09. The van der Waals surface area contributed by atoms with Crippen molar-refractivity contribution in [3.63, 3.8) is 0 Å². The van der Waals surface area contributed by atoms with Gasteiger partial charge in [0.05, 0.1) is 11.4 Å². The molecule has 0 bridgehead atoms. The summed E-state index contributed by atoms with van der Waals surface area (Å²) in [6, 6.07) is 5.30. The van der Waals surface area contributed by atoms with Gasteiger partial charge in [-0.3, -0.25) is 9.59 Å². The van der Waals surface area contributed by atoms with Crippen LogP contribution in [-0.2, 0) is 4.79 Å². The van der Waals surface area contributed by atoms with Crippen molar-refractivity contribution in [1.82, 2.24) is 5.32 Å². The van der Waals surface area contributed by atoms with Crippen LogP contribution in [0.5, 0.6) is 0 Å². The van der Waals surface area contributed by atoms with E-state index in [0.29, 0.717) is 30.3 Å². The molecule has 6 N–H and O–H groups in total. The standard InChI is InChI=1S/C14H20N4O2/c15-11-8-9(14(16)20)3-6-12(11)17-7-1-2-13(19)18-10-4-5-10/h3,6,8,10,17H,1-2,4-5,7,15H2,(H2,16,20)(H,18,19). The predicted molar refractivity (Wildman–Crippen MR) is 78.3 cm³/mol. The first-order valence-electron chi connectivity index (χ1n) is 6.79. The molecular formula is C14H20N4O2. The molecule has 6 heteroatoms. The zero-order valence-electron chi connectivity index (χ0n) is 11.3. The molecular weight excluding hydrogens is 256 g/mol. The minimum atomic E-state index is -0.500. The van der Waals surface area contributed by atoms with Gasteiger partial charge in [0.2, 0.25) is 11.8 Å². The minimum Gasteiger partial charge on any atom is -0.397 e. The number of anilines is 2. The highest BCUT2D eigenvalue weighted by Gasteiger charge is 2.22. The summed E-state index contributed by atoms with van der Waals surface area (Å²) in [6.45, 7) is 0.651. The molecule has 1 aliphatic rings. The highest BCUT2D eigenvalue weighted by Crippen LogP contribution is 2.20. The van der Waals surface area contributed by atoms with Gasteiger partial charge in [0, 0.05) is 24.6 Å². The largest absolute Gasteiger partial charge is 0.397 e. The third kappa shape index (κ3) is 4.15. The molecule has 6 nitrogen and oxygen atoms in total. The van der Waals surface area contributed by atoms with E-state index in [-0.39, 0.29) is 5.91 Å². The van der Waals surface area contributed by atoms with Gasteiger partial charge in [0.15, 0.2) is 0 Å². The number of nitrogen functional groups attached to an aromatic ring is 1. The van der Waals surface area contributed by atoms with Gasteiger partial charge < -0.3 is 22.1 Å². The predicted octanol–water partition coefficient (Wildman–Crippen LogP) is 0.838. The van der Waals surface area contributed by atoms with Gasteiger partial charge in [-0.25, -0.2) is 0 Å². The van der Waals surface area contributed by atoms with E-state index < -0.39 is 5.91 Å². The fourth-order valence-corrected chi connectivity index (χ4v) is 1.88. The fraction of sp³-hybridized carbons (Fsp3) is 0.429. The lowest BCUT2D eigenvalue weighted by atomic mass is 10.1. The van der Waals surface area contributed by atoms with Crippen molar-refractivity contribution in [2.24, 2.45) is 5.73 Å². The summed E-state index contributed by atoms with van der Waals surface area (Å²) in [5.74, 6) is -0.397. The van der Waals surface area contributed by atoms with Crippen molar-refractivity contribution in [3.05, 3.63) is 23.8 Å². The van der Waals surface area contributed by atoms with Crippen molar-refractivity contribution in [1.29, 1.82) is 0 Å². The fourth-order valence-electron chi connectivity index (χ4n) is 1.88. The van der Waals surface area contributed by atoms with Crippen LogP contribution in [0.1, 0.15) is 36.0 Å². The van der Waals surface area contributed by atoms with Crippen LogP contribution in [0, 0.1) is 0 Å². The molecule has 2 amide bonds. The first kappa shape index (κ1) is 14.2. The van der Waals surface area contributed by atoms with E-state index in [4.69, 9.17) is 11.5 Å². The Hall–Kier alpha value is -2.24. The van der Waals surface area contributed by atoms with Gasteiger partial charge in [-0.2, -0.15) is 0 Å². The maximum Gasteiger partial charge on any atom is 0.248 e. The third-order valence-corrected chi connectivity index (χ3v) is 3.17. The third-order valence-electron chi connectivity index (χ3n) is 3.17. The van der Waals surface area contributed by atoms with E-state index in [0.717, 1.165) is 24.9 Å². The summed E-state index contributed by atoms with van der Waals surface area (Å²) in [6.07, 6.45) is 3.44. The smallest absolute Gasteiger partial charge is 0.248 e. The van der Waals surface area contributed by atoms with Crippen LogP contribution in [0.4, 0.5) is 11.4 Å². The Bertz CT molecular complexity index is 512. The van der Waals surface area contributed by atoms with Gasteiger partial charge in [-0.15, -0.1) is 0 Å². The average Bonchev–Trinajstić information content (AvgIpc) is 3.19. The maximum atomic E-state index is 11.5. The Morgan fingerprint density at radius 3 is 2.65 bits per heavy atom. The average molecular weight is 276 g/mol. The molecule has 0 aromatic heterocycles. The molecule has 20 heavy (non-hydrogen) atoms. The van der Waals surface area contributed by atoms with Crippen LogP contribution < -0.4 is 22.1 Å². The Labute approximate surface area is 117 Å². The number of amides is 2. The van der Waals surface area contributed by atoms with E-state index in [1.807, 2.05) is 0 Å². The molecule has 0 spiro atoms. The number of primary amides is 1. The molecule has 0 atom stereocenters. The first-order chi connectivity index (χ1) is 9.56. The number of rotatable bonds is 7. The normalized spacial score (nSPS) is 13.8. The quantitative estimate of drug-likeness (QED) is 0.437. The summed E-state index contributed by atoms with van der Waals surface area (Å²) in [7, 11) is 0. The maximum absolute atomic E-state index is 11.5. The van der Waals surface area contributed by atoms with E-state index in [1.54, 1.807) is 18.2 Å².